The van der Waals surface area contributed by atoms with Crippen molar-refractivity contribution in [3.05, 3.63) is 35.9 Å². The number of carbonyl (C=O) groups is 3. The molecule has 0 aliphatic carbocycles. The lowest BCUT2D eigenvalue weighted by molar-refractivity contribution is -0.138. The van der Waals surface area contributed by atoms with E-state index in [1.807, 2.05) is 30.3 Å². The number of carbonyl (C=O) groups excluding carboxylic acids is 3. The number of methoxy groups -OCH3 is 1. The predicted molar refractivity (Wildman–Crippen MR) is 88.4 cm³/mol. The highest BCUT2D eigenvalue weighted by Gasteiger charge is 2.55. The standard InChI is InChI=1S/C18H21N3O4/c1-25-13-9-15-17(23)21(18(24)20(15)11-13)14-7-8-19(16(14)22)10-12-5-3-2-4-6-12/h2-6,13-15H,7-11H2,1H3. The third kappa shape index (κ3) is 2.59. The third-order valence-electron chi connectivity index (χ3n) is 5.37. The largest absolute Gasteiger partial charge is 0.380 e. The highest BCUT2D eigenvalue weighted by molar-refractivity contribution is 6.08. The van der Waals surface area contributed by atoms with Crippen LogP contribution in [0.15, 0.2) is 30.3 Å². The number of ether oxygens (including phenoxy) is 1. The number of likely N-dealkylation sites (tertiary alicyclic amines) is 1. The van der Waals surface area contributed by atoms with Crippen molar-refractivity contribution in [3.8, 4) is 0 Å². The van der Waals surface area contributed by atoms with Crippen LogP contribution in [0.3, 0.4) is 0 Å². The van der Waals surface area contributed by atoms with Gasteiger partial charge in [0.1, 0.15) is 12.1 Å². The summed E-state index contributed by atoms with van der Waals surface area (Å²) in [5, 5.41) is 0. The smallest absolute Gasteiger partial charge is 0.328 e. The SMILES string of the molecule is COC1CC2C(=O)N(C3CCN(Cc4ccccc4)C3=O)C(=O)N2C1. The molecular weight excluding hydrogens is 322 g/mol. The first-order valence-electron chi connectivity index (χ1n) is 8.59. The first-order valence-corrected chi connectivity index (χ1v) is 8.59. The lowest BCUT2D eigenvalue weighted by Crippen LogP contribution is -2.46. The van der Waals surface area contributed by atoms with Crippen molar-refractivity contribution in [1.29, 1.82) is 0 Å². The maximum absolute atomic E-state index is 12.8. The van der Waals surface area contributed by atoms with Crippen molar-refractivity contribution < 1.29 is 19.1 Å². The monoisotopic (exact) mass is 343 g/mol. The van der Waals surface area contributed by atoms with Gasteiger partial charge in [0.15, 0.2) is 0 Å². The molecule has 132 valence electrons. The fourth-order valence-electron chi connectivity index (χ4n) is 4.02. The van der Waals surface area contributed by atoms with Gasteiger partial charge in [-0.2, -0.15) is 0 Å². The quantitative estimate of drug-likeness (QED) is 0.760. The average molecular weight is 343 g/mol. The van der Waals surface area contributed by atoms with Gasteiger partial charge in [0.05, 0.1) is 6.10 Å². The molecule has 3 heterocycles. The number of rotatable bonds is 4. The van der Waals surface area contributed by atoms with Gasteiger partial charge in [-0.1, -0.05) is 30.3 Å². The molecule has 1 aromatic carbocycles. The Morgan fingerprint density at radius 1 is 1.08 bits per heavy atom. The number of imide groups is 1. The Morgan fingerprint density at radius 3 is 2.52 bits per heavy atom. The summed E-state index contributed by atoms with van der Waals surface area (Å²) in [4.78, 5) is 42.6. The Bertz CT molecular complexity index is 684. The van der Waals surface area contributed by atoms with Gasteiger partial charge in [-0.3, -0.25) is 9.59 Å². The van der Waals surface area contributed by atoms with Crippen LogP contribution in [0.1, 0.15) is 18.4 Å². The molecule has 0 bridgehead atoms. The molecule has 3 aliphatic rings. The van der Waals surface area contributed by atoms with Gasteiger partial charge in [-0.25, -0.2) is 9.69 Å². The predicted octanol–water partition coefficient (Wildman–Crippen LogP) is 0.839. The topological polar surface area (TPSA) is 70.2 Å². The summed E-state index contributed by atoms with van der Waals surface area (Å²) >= 11 is 0. The van der Waals surface area contributed by atoms with Crippen molar-refractivity contribution in [2.75, 3.05) is 20.2 Å². The van der Waals surface area contributed by atoms with Gasteiger partial charge in [0.25, 0.3) is 5.91 Å². The summed E-state index contributed by atoms with van der Waals surface area (Å²) < 4.78 is 5.27. The van der Waals surface area contributed by atoms with E-state index in [0.29, 0.717) is 32.5 Å². The van der Waals surface area contributed by atoms with Crippen LogP contribution in [0.25, 0.3) is 0 Å². The summed E-state index contributed by atoms with van der Waals surface area (Å²) in [5.41, 5.74) is 1.04. The highest BCUT2D eigenvalue weighted by atomic mass is 16.5. The summed E-state index contributed by atoms with van der Waals surface area (Å²) in [5.74, 6) is -0.403. The van der Waals surface area contributed by atoms with Crippen molar-refractivity contribution in [2.24, 2.45) is 0 Å². The zero-order chi connectivity index (χ0) is 17.6. The lowest BCUT2D eigenvalue weighted by atomic mass is 10.1. The number of nitrogens with zero attached hydrogens (tertiary/aromatic N) is 3. The van der Waals surface area contributed by atoms with Gasteiger partial charge in [-0.05, 0) is 12.0 Å². The Hall–Kier alpha value is -2.41. The molecular formula is C18H21N3O4. The Labute approximate surface area is 146 Å². The molecule has 4 amide bonds. The molecule has 3 atom stereocenters. The Kier molecular flexibility index (Phi) is 3.95. The van der Waals surface area contributed by atoms with Crippen molar-refractivity contribution in [2.45, 2.75) is 37.6 Å². The lowest BCUT2D eigenvalue weighted by Gasteiger charge is -2.23. The second kappa shape index (κ2) is 6.15. The van der Waals surface area contributed by atoms with Crippen LogP contribution >= 0.6 is 0 Å². The normalized spacial score (nSPS) is 29.1. The number of fused-ring (bicyclic) bond motifs is 1. The summed E-state index contributed by atoms with van der Waals surface area (Å²) in [6.45, 7) is 1.48. The van der Waals surface area contributed by atoms with Crippen LogP contribution in [-0.2, 0) is 20.9 Å². The summed E-state index contributed by atoms with van der Waals surface area (Å²) in [6, 6.07) is 8.23. The molecule has 4 rings (SSSR count). The van der Waals surface area contributed by atoms with Crippen LogP contribution in [0.5, 0.6) is 0 Å². The molecule has 3 saturated heterocycles. The van der Waals surface area contributed by atoms with E-state index < -0.39 is 12.1 Å². The maximum Gasteiger partial charge on any atom is 0.328 e. The minimum atomic E-state index is -0.671. The summed E-state index contributed by atoms with van der Waals surface area (Å²) in [7, 11) is 1.58. The van der Waals surface area contributed by atoms with Gasteiger partial charge < -0.3 is 14.5 Å². The number of hydrogen-bond donors (Lipinski definition) is 0. The molecule has 0 saturated carbocycles. The van der Waals surface area contributed by atoms with Gasteiger partial charge in [0.2, 0.25) is 5.91 Å². The second-order valence-electron chi connectivity index (χ2n) is 6.80. The van der Waals surface area contributed by atoms with E-state index in [9.17, 15) is 14.4 Å². The number of hydrogen-bond acceptors (Lipinski definition) is 4. The first kappa shape index (κ1) is 16.1. The second-order valence-corrected chi connectivity index (χ2v) is 6.80. The van der Waals surface area contributed by atoms with Crippen LogP contribution in [-0.4, -0.2) is 70.9 Å². The molecule has 0 spiro atoms. The van der Waals surface area contributed by atoms with E-state index in [1.54, 1.807) is 16.9 Å². The molecule has 0 radical (unpaired) electrons. The maximum atomic E-state index is 12.8. The zero-order valence-corrected chi connectivity index (χ0v) is 14.1. The first-order chi connectivity index (χ1) is 12.1. The molecule has 7 nitrogen and oxygen atoms in total. The highest BCUT2D eigenvalue weighted by Crippen LogP contribution is 2.32. The molecule has 3 fully saturated rings. The van der Waals surface area contributed by atoms with Gasteiger partial charge in [0, 0.05) is 33.2 Å². The van der Waals surface area contributed by atoms with Crippen LogP contribution in [0.2, 0.25) is 0 Å². The van der Waals surface area contributed by atoms with E-state index in [2.05, 4.69) is 0 Å². The number of urea groups is 1. The van der Waals surface area contributed by atoms with E-state index in [-0.39, 0.29) is 23.9 Å². The van der Waals surface area contributed by atoms with Gasteiger partial charge >= 0.3 is 6.03 Å². The summed E-state index contributed by atoms with van der Waals surface area (Å²) in [6.07, 6.45) is 0.901. The molecule has 3 unspecified atom stereocenters. The molecule has 0 aromatic heterocycles. The number of amides is 4. The fraction of sp³-hybridized carbons (Fsp3) is 0.500. The zero-order valence-electron chi connectivity index (χ0n) is 14.1. The van der Waals surface area contributed by atoms with Crippen LogP contribution in [0, 0.1) is 0 Å². The van der Waals surface area contributed by atoms with E-state index in [0.717, 1.165) is 5.56 Å². The molecule has 7 heteroatoms. The van der Waals surface area contributed by atoms with Gasteiger partial charge in [-0.15, -0.1) is 0 Å². The van der Waals surface area contributed by atoms with Crippen molar-refractivity contribution in [3.63, 3.8) is 0 Å². The van der Waals surface area contributed by atoms with Crippen molar-refractivity contribution >= 4 is 17.8 Å². The Balaban J connectivity index is 1.47. The third-order valence-corrected chi connectivity index (χ3v) is 5.37. The molecule has 25 heavy (non-hydrogen) atoms. The fourth-order valence-corrected chi connectivity index (χ4v) is 4.02. The van der Waals surface area contributed by atoms with Crippen LogP contribution < -0.4 is 0 Å². The van der Waals surface area contributed by atoms with Crippen molar-refractivity contribution in [1.82, 2.24) is 14.7 Å². The minimum absolute atomic E-state index is 0.103. The number of benzene rings is 1. The van der Waals surface area contributed by atoms with Crippen LogP contribution in [0.4, 0.5) is 4.79 Å². The van der Waals surface area contributed by atoms with E-state index >= 15 is 0 Å². The molecule has 0 N–H and O–H groups in total. The molecule has 1 aromatic rings. The minimum Gasteiger partial charge on any atom is -0.380 e. The van der Waals surface area contributed by atoms with E-state index in [1.165, 1.54) is 4.90 Å². The van der Waals surface area contributed by atoms with E-state index in [4.69, 9.17) is 4.74 Å². The molecule has 3 aliphatic heterocycles. The Morgan fingerprint density at radius 2 is 1.84 bits per heavy atom. The average Bonchev–Trinajstić information content (AvgIpc) is 3.26.